The van der Waals surface area contributed by atoms with Gasteiger partial charge in [0, 0.05) is 29.9 Å². The van der Waals surface area contributed by atoms with Crippen molar-refractivity contribution in [3.63, 3.8) is 0 Å². The lowest BCUT2D eigenvalue weighted by Crippen LogP contribution is -2.34. The molecule has 0 aromatic heterocycles. The number of carbonyl (C=O) groups is 2. The van der Waals surface area contributed by atoms with Crippen molar-refractivity contribution in [3.8, 4) is 11.5 Å². The lowest BCUT2D eigenvalue weighted by molar-refractivity contribution is -0.137. The van der Waals surface area contributed by atoms with Crippen molar-refractivity contribution < 1.29 is 23.8 Å². The van der Waals surface area contributed by atoms with E-state index in [1.54, 1.807) is 27.2 Å². The Morgan fingerprint density at radius 1 is 1.13 bits per heavy atom. The van der Waals surface area contributed by atoms with Crippen LogP contribution in [0.3, 0.4) is 0 Å². The normalized spacial score (nSPS) is 15.7. The summed E-state index contributed by atoms with van der Waals surface area (Å²) in [6, 6.07) is 12.7. The molecule has 3 rings (SSSR count). The predicted octanol–water partition coefficient (Wildman–Crippen LogP) is 4.65. The van der Waals surface area contributed by atoms with E-state index in [1.807, 2.05) is 47.4 Å². The Bertz CT molecular complexity index is 939. The Morgan fingerprint density at radius 2 is 1.90 bits per heavy atom. The van der Waals surface area contributed by atoms with E-state index < -0.39 is 0 Å². The summed E-state index contributed by atoms with van der Waals surface area (Å²) in [6.07, 6.45) is 4.85. The van der Waals surface area contributed by atoms with E-state index in [4.69, 9.17) is 14.2 Å². The van der Waals surface area contributed by atoms with Crippen molar-refractivity contribution in [1.82, 2.24) is 4.90 Å². The zero-order valence-electron chi connectivity index (χ0n) is 18.1. The molecule has 1 atom stereocenters. The molecular weight excluding hydrogens is 396 g/mol. The van der Waals surface area contributed by atoms with Crippen LogP contribution in [0.2, 0.25) is 0 Å². The maximum absolute atomic E-state index is 13.0. The first-order chi connectivity index (χ1) is 15.0. The second-order valence-electron chi connectivity index (χ2n) is 7.10. The van der Waals surface area contributed by atoms with Gasteiger partial charge in [0.25, 0.3) is 0 Å². The molecule has 1 heterocycles. The molecule has 7 nitrogen and oxygen atoms in total. The van der Waals surface area contributed by atoms with Gasteiger partial charge in [-0.05, 0) is 55.7 Å². The number of nitrogens with one attached hydrogen (secondary N) is 1. The maximum atomic E-state index is 13.0. The third-order valence-corrected chi connectivity index (χ3v) is 5.17. The zero-order chi connectivity index (χ0) is 22.2. The molecule has 0 saturated carbocycles. The number of urea groups is 1. The minimum Gasteiger partial charge on any atom is -0.497 e. The number of hydrogen-bond acceptors (Lipinski definition) is 5. The molecule has 0 radical (unpaired) electrons. The lowest BCUT2D eigenvalue weighted by Gasteiger charge is -2.26. The van der Waals surface area contributed by atoms with Gasteiger partial charge < -0.3 is 24.4 Å². The van der Waals surface area contributed by atoms with Gasteiger partial charge in [-0.15, -0.1) is 0 Å². The summed E-state index contributed by atoms with van der Waals surface area (Å²) in [6.45, 7) is 2.78. The minimum atomic E-state index is -0.381. The van der Waals surface area contributed by atoms with E-state index in [2.05, 4.69) is 5.32 Å². The summed E-state index contributed by atoms with van der Waals surface area (Å²) in [5, 5.41) is 2.96. The summed E-state index contributed by atoms with van der Waals surface area (Å²) >= 11 is 0. The van der Waals surface area contributed by atoms with Crippen LogP contribution in [0.5, 0.6) is 11.5 Å². The summed E-state index contributed by atoms with van der Waals surface area (Å²) in [7, 11) is 3.23. The molecule has 2 amide bonds. The van der Waals surface area contributed by atoms with Crippen molar-refractivity contribution in [2.45, 2.75) is 25.8 Å². The van der Waals surface area contributed by atoms with Crippen molar-refractivity contribution in [3.05, 3.63) is 59.7 Å². The Balaban J connectivity index is 1.68. The Hall–Kier alpha value is -3.48. The molecule has 0 aliphatic carbocycles. The van der Waals surface area contributed by atoms with Crippen LogP contribution in [0, 0.1) is 0 Å². The van der Waals surface area contributed by atoms with Crippen LogP contribution < -0.4 is 14.8 Å². The van der Waals surface area contributed by atoms with Crippen LogP contribution in [0.25, 0.3) is 6.08 Å². The summed E-state index contributed by atoms with van der Waals surface area (Å²) in [5.41, 5.74) is 2.49. The van der Waals surface area contributed by atoms with Gasteiger partial charge >= 0.3 is 12.0 Å². The van der Waals surface area contributed by atoms with Crippen molar-refractivity contribution in [1.29, 1.82) is 0 Å². The number of benzene rings is 2. The fourth-order valence-electron chi connectivity index (χ4n) is 3.65. The number of rotatable bonds is 7. The number of methoxy groups -OCH3 is 2. The molecule has 31 heavy (non-hydrogen) atoms. The van der Waals surface area contributed by atoms with Gasteiger partial charge in [-0.25, -0.2) is 9.59 Å². The monoisotopic (exact) mass is 424 g/mol. The number of esters is 1. The number of ether oxygens (including phenoxy) is 3. The fourth-order valence-corrected chi connectivity index (χ4v) is 3.65. The molecule has 1 saturated heterocycles. The molecule has 0 unspecified atom stereocenters. The van der Waals surface area contributed by atoms with E-state index >= 15 is 0 Å². The van der Waals surface area contributed by atoms with Gasteiger partial charge in [0.05, 0.1) is 26.9 Å². The maximum Gasteiger partial charge on any atom is 0.330 e. The van der Waals surface area contributed by atoms with Gasteiger partial charge in [0.15, 0.2) is 0 Å². The number of carbonyl (C=O) groups excluding carboxylic acids is 2. The Morgan fingerprint density at radius 3 is 2.58 bits per heavy atom. The molecule has 1 N–H and O–H groups in total. The molecular formula is C24H28N2O5. The van der Waals surface area contributed by atoms with Crippen LogP contribution >= 0.6 is 0 Å². The van der Waals surface area contributed by atoms with Crippen LogP contribution in [0.4, 0.5) is 10.5 Å². The van der Waals surface area contributed by atoms with Gasteiger partial charge in [0.1, 0.15) is 11.5 Å². The topological polar surface area (TPSA) is 77.1 Å². The first-order valence-electron chi connectivity index (χ1n) is 10.3. The predicted molar refractivity (Wildman–Crippen MR) is 119 cm³/mol. The highest BCUT2D eigenvalue weighted by molar-refractivity contribution is 5.90. The highest BCUT2D eigenvalue weighted by atomic mass is 16.5. The molecule has 1 fully saturated rings. The van der Waals surface area contributed by atoms with Gasteiger partial charge in [-0.3, -0.25) is 0 Å². The Kier molecular flexibility index (Phi) is 7.54. The van der Waals surface area contributed by atoms with E-state index in [-0.39, 0.29) is 18.0 Å². The summed E-state index contributed by atoms with van der Waals surface area (Å²) in [4.78, 5) is 26.2. The van der Waals surface area contributed by atoms with Crippen LogP contribution in [0.15, 0.2) is 48.5 Å². The first kappa shape index (κ1) is 22.2. The van der Waals surface area contributed by atoms with E-state index in [9.17, 15) is 9.59 Å². The molecule has 2 aromatic rings. The number of anilines is 1. The highest BCUT2D eigenvalue weighted by Crippen LogP contribution is 2.38. The molecule has 164 valence electrons. The van der Waals surface area contributed by atoms with Crippen LogP contribution in [-0.4, -0.2) is 44.3 Å². The summed E-state index contributed by atoms with van der Waals surface area (Å²) < 4.78 is 15.7. The smallest absolute Gasteiger partial charge is 0.330 e. The van der Waals surface area contributed by atoms with E-state index in [0.29, 0.717) is 30.3 Å². The van der Waals surface area contributed by atoms with Gasteiger partial charge in [-0.1, -0.05) is 12.1 Å². The molecule has 2 aromatic carbocycles. The van der Waals surface area contributed by atoms with Crippen LogP contribution in [-0.2, 0) is 9.53 Å². The van der Waals surface area contributed by atoms with Crippen molar-refractivity contribution in [2.75, 3.05) is 32.7 Å². The third kappa shape index (κ3) is 5.57. The number of nitrogens with zero attached hydrogens (tertiary/aromatic N) is 1. The average Bonchev–Trinajstić information content (AvgIpc) is 3.28. The number of amides is 2. The zero-order valence-corrected chi connectivity index (χ0v) is 18.1. The fraction of sp³-hybridized carbons (Fsp3) is 0.333. The number of hydrogen-bond donors (Lipinski definition) is 1. The Labute approximate surface area is 182 Å². The van der Waals surface area contributed by atoms with E-state index in [0.717, 1.165) is 24.0 Å². The average molecular weight is 424 g/mol. The molecule has 0 bridgehead atoms. The lowest BCUT2D eigenvalue weighted by atomic mass is 10.0. The number of likely N-dealkylation sites (tertiary alicyclic amines) is 1. The van der Waals surface area contributed by atoms with Crippen molar-refractivity contribution >= 4 is 23.8 Å². The summed E-state index contributed by atoms with van der Waals surface area (Å²) in [5.74, 6) is 1.04. The SMILES string of the molecule is CCOC(=O)/C=C\c1ccc(NC(=O)N2CCC[C@H]2c2ccc(OC)cc2OC)cc1. The molecule has 1 aliphatic rings. The third-order valence-electron chi connectivity index (χ3n) is 5.17. The molecule has 0 spiro atoms. The quantitative estimate of drug-likeness (QED) is 0.517. The van der Waals surface area contributed by atoms with Crippen molar-refractivity contribution in [2.24, 2.45) is 0 Å². The largest absolute Gasteiger partial charge is 0.497 e. The van der Waals surface area contributed by atoms with Gasteiger partial charge in [0.2, 0.25) is 0 Å². The van der Waals surface area contributed by atoms with Crippen LogP contribution in [0.1, 0.15) is 36.9 Å². The standard InChI is InChI=1S/C24H28N2O5/c1-4-31-23(27)14-9-17-7-10-18(11-8-17)25-24(28)26-15-5-6-21(26)20-13-12-19(29-2)16-22(20)30-3/h7-14,16,21H,4-6,15H2,1-3H3,(H,25,28)/b14-9-/t21-/m0/s1. The second-order valence-corrected chi connectivity index (χ2v) is 7.10. The highest BCUT2D eigenvalue weighted by Gasteiger charge is 2.32. The minimum absolute atomic E-state index is 0.0624. The molecule has 1 aliphatic heterocycles. The second kappa shape index (κ2) is 10.5. The van der Waals surface area contributed by atoms with E-state index in [1.165, 1.54) is 6.08 Å². The molecule has 7 heteroatoms. The van der Waals surface area contributed by atoms with Gasteiger partial charge in [-0.2, -0.15) is 0 Å². The first-order valence-corrected chi connectivity index (χ1v) is 10.3.